The van der Waals surface area contributed by atoms with Gasteiger partial charge in [0.25, 0.3) is 0 Å². The fraction of sp³-hybridized carbons (Fsp3) is 0.267. The highest BCUT2D eigenvalue weighted by atomic mass is 16.1. The third-order valence-corrected chi connectivity index (χ3v) is 3.07. The molecule has 0 aliphatic heterocycles. The van der Waals surface area contributed by atoms with Crippen LogP contribution in [0.4, 0.5) is 0 Å². The average molecular weight is 257 g/mol. The van der Waals surface area contributed by atoms with Crippen LogP contribution in [0.2, 0.25) is 0 Å². The normalized spacial score (nSPS) is 10.4. The number of rotatable bonds is 6. The maximum Gasteiger partial charge on any atom is 0.224 e. The van der Waals surface area contributed by atoms with Gasteiger partial charge < -0.3 is 15.2 Å². The Morgan fingerprint density at radius 3 is 2.95 bits per heavy atom. The molecule has 2 aromatic rings. The van der Waals surface area contributed by atoms with E-state index in [-0.39, 0.29) is 5.91 Å². The minimum Gasteiger partial charge on any atom is -0.390 e. The van der Waals surface area contributed by atoms with Crippen molar-refractivity contribution in [2.24, 2.45) is 7.05 Å². The van der Waals surface area contributed by atoms with E-state index in [0.717, 1.165) is 16.5 Å². The Morgan fingerprint density at radius 2 is 2.16 bits per heavy atom. The minimum absolute atomic E-state index is 0.0437. The average Bonchev–Trinajstić information content (AvgIpc) is 2.72. The second-order valence-electron chi connectivity index (χ2n) is 4.47. The Bertz CT molecular complexity index is 586. The van der Waals surface area contributed by atoms with Crippen LogP contribution in [0.25, 0.3) is 10.9 Å². The predicted molar refractivity (Wildman–Crippen MR) is 77.8 cm³/mol. The van der Waals surface area contributed by atoms with Crippen LogP contribution in [0.15, 0.2) is 43.2 Å². The molecule has 0 saturated carbocycles. The molecule has 0 fully saturated rings. The summed E-state index contributed by atoms with van der Waals surface area (Å²) in [4.78, 5) is 11.9. The van der Waals surface area contributed by atoms with Crippen molar-refractivity contribution >= 4 is 16.8 Å². The van der Waals surface area contributed by atoms with Gasteiger partial charge in [-0.05, 0) is 17.8 Å². The molecular weight excluding hydrogens is 238 g/mol. The molecule has 1 aromatic heterocycles. The Kier molecular flexibility index (Phi) is 4.23. The number of fused-ring (bicyclic) bond motifs is 1. The molecule has 4 nitrogen and oxygen atoms in total. The number of amides is 1. The number of hydrogen-bond donors (Lipinski definition) is 2. The molecule has 0 aliphatic carbocycles. The SMILES string of the molecule is C=CNCCNC(=O)Cc1cn(C)c2ccccc12. The fourth-order valence-electron chi connectivity index (χ4n) is 2.18. The number of hydrogen-bond acceptors (Lipinski definition) is 2. The molecule has 2 rings (SSSR count). The van der Waals surface area contributed by atoms with Gasteiger partial charge in [0.2, 0.25) is 5.91 Å². The van der Waals surface area contributed by atoms with Crippen molar-refractivity contribution in [2.75, 3.05) is 13.1 Å². The number of para-hydroxylation sites is 1. The molecule has 4 heteroatoms. The first-order valence-electron chi connectivity index (χ1n) is 6.36. The summed E-state index contributed by atoms with van der Waals surface area (Å²) >= 11 is 0. The largest absolute Gasteiger partial charge is 0.390 e. The van der Waals surface area contributed by atoms with Crippen LogP contribution in [-0.2, 0) is 18.3 Å². The maximum absolute atomic E-state index is 11.9. The van der Waals surface area contributed by atoms with Gasteiger partial charge in [0.15, 0.2) is 0 Å². The zero-order valence-electron chi connectivity index (χ0n) is 11.1. The summed E-state index contributed by atoms with van der Waals surface area (Å²) in [5, 5.41) is 6.97. The highest BCUT2D eigenvalue weighted by Crippen LogP contribution is 2.20. The van der Waals surface area contributed by atoms with Gasteiger partial charge in [-0.15, -0.1) is 0 Å². The lowest BCUT2D eigenvalue weighted by Crippen LogP contribution is -2.31. The summed E-state index contributed by atoms with van der Waals surface area (Å²) < 4.78 is 2.05. The fourth-order valence-corrected chi connectivity index (χ4v) is 2.18. The molecule has 19 heavy (non-hydrogen) atoms. The predicted octanol–water partition coefficient (Wildman–Crippen LogP) is 1.57. The topological polar surface area (TPSA) is 46.1 Å². The van der Waals surface area contributed by atoms with E-state index in [0.29, 0.717) is 19.5 Å². The van der Waals surface area contributed by atoms with Gasteiger partial charge in [0.05, 0.1) is 6.42 Å². The van der Waals surface area contributed by atoms with Gasteiger partial charge in [-0.3, -0.25) is 4.79 Å². The smallest absolute Gasteiger partial charge is 0.224 e. The second kappa shape index (κ2) is 6.09. The van der Waals surface area contributed by atoms with E-state index in [2.05, 4.69) is 33.9 Å². The van der Waals surface area contributed by atoms with E-state index in [9.17, 15) is 4.79 Å². The monoisotopic (exact) mass is 257 g/mol. The van der Waals surface area contributed by atoms with E-state index >= 15 is 0 Å². The first-order valence-corrected chi connectivity index (χ1v) is 6.36. The van der Waals surface area contributed by atoms with Crippen LogP contribution in [0.5, 0.6) is 0 Å². The number of aryl methyl sites for hydroxylation is 1. The van der Waals surface area contributed by atoms with Gasteiger partial charge in [-0.25, -0.2) is 0 Å². The quantitative estimate of drug-likeness (QED) is 0.772. The minimum atomic E-state index is 0.0437. The Labute approximate surface area is 113 Å². The summed E-state index contributed by atoms with van der Waals surface area (Å²) in [7, 11) is 2.00. The van der Waals surface area contributed by atoms with E-state index in [1.807, 2.05) is 25.4 Å². The van der Waals surface area contributed by atoms with Crippen LogP contribution in [0, 0.1) is 0 Å². The van der Waals surface area contributed by atoms with Crippen molar-refractivity contribution in [3.05, 3.63) is 48.8 Å². The summed E-state index contributed by atoms with van der Waals surface area (Å²) in [6, 6.07) is 8.12. The van der Waals surface area contributed by atoms with Gasteiger partial charge in [0, 0.05) is 37.2 Å². The highest BCUT2D eigenvalue weighted by Gasteiger charge is 2.09. The number of carbonyl (C=O) groups is 1. The van der Waals surface area contributed by atoms with E-state index in [1.54, 1.807) is 6.20 Å². The van der Waals surface area contributed by atoms with Crippen LogP contribution in [0.1, 0.15) is 5.56 Å². The number of carbonyl (C=O) groups excluding carboxylic acids is 1. The Hall–Kier alpha value is -2.23. The van der Waals surface area contributed by atoms with E-state index < -0.39 is 0 Å². The van der Waals surface area contributed by atoms with Gasteiger partial charge in [0.1, 0.15) is 0 Å². The molecule has 0 saturated heterocycles. The second-order valence-corrected chi connectivity index (χ2v) is 4.47. The van der Waals surface area contributed by atoms with Crippen molar-refractivity contribution < 1.29 is 4.79 Å². The number of benzene rings is 1. The van der Waals surface area contributed by atoms with E-state index in [4.69, 9.17) is 0 Å². The molecule has 2 N–H and O–H groups in total. The van der Waals surface area contributed by atoms with Crippen molar-refractivity contribution in [1.82, 2.24) is 15.2 Å². The molecule has 0 bridgehead atoms. The molecule has 0 unspecified atom stereocenters. The molecule has 100 valence electrons. The third kappa shape index (κ3) is 3.16. The van der Waals surface area contributed by atoms with Gasteiger partial charge in [-0.2, -0.15) is 0 Å². The van der Waals surface area contributed by atoms with E-state index in [1.165, 1.54) is 0 Å². The Balaban J connectivity index is 2.01. The number of aromatic nitrogens is 1. The summed E-state index contributed by atoms with van der Waals surface area (Å²) in [5.74, 6) is 0.0437. The zero-order valence-corrected chi connectivity index (χ0v) is 11.1. The summed E-state index contributed by atoms with van der Waals surface area (Å²) in [6.07, 6.45) is 4.05. The molecule has 1 aromatic carbocycles. The van der Waals surface area contributed by atoms with Crippen molar-refractivity contribution in [3.63, 3.8) is 0 Å². The zero-order chi connectivity index (χ0) is 13.7. The molecule has 0 radical (unpaired) electrons. The van der Waals surface area contributed by atoms with Crippen LogP contribution in [-0.4, -0.2) is 23.6 Å². The first-order chi connectivity index (χ1) is 9.22. The van der Waals surface area contributed by atoms with Gasteiger partial charge in [-0.1, -0.05) is 24.8 Å². The first kappa shape index (κ1) is 13.2. The number of nitrogens with zero attached hydrogens (tertiary/aromatic N) is 1. The van der Waals surface area contributed by atoms with Crippen LogP contribution < -0.4 is 10.6 Å². The molecule has 0 aliphatic rings. The third-order valence-electron chi connectivity index (χ3n) is 3.07. The highest BCUT2D eigenvalue weighted by molar-refractivity contribution is 5.89. The van der Waals surface area contributed by atoms with Crippen molar-refractivity contribution in [3.8, 4) is 0 Å². The molecule has 0 atom stereocenters. The molecule has 1 amide bonds. The molecule has 1 heterocycles. The number of nitrogens with one attached hydrogen (secondary N) is 2. The summed E-state index contributed by atoms with van der Waals surface area (Å²) in [6.45, 7) is 4.86. The van der Waals surface area contributed by atoms with Crippen molar-refractivity contribution in [2.45, 2.75) is 6.42 Å². The van der Waals surface area contributed by atoms with Crippen LogP contribution in [0.3, 0.4) is 0 Å². The lowest BCUT2D eigenvalue weighted by atomic mass is 10.1. The molecular formula is C15H19N3O. The van der Waals surface area contributed by atoms with Gasteiger partial charge >= 0.3 is 0 Å². The van der Waals surface area contributed by atoms with Crippen molar-refractivity contribution in [1.29, 1.82) is 0 Å². The lowest BCUT2D eigenvalue weighted by molar-refractivity contribution is -0.120. The summed E-state index contributed by atoms with van der Waals surface area (Å²) in [5.41, 5.74) is 2.21. The molecule has 0 spiro atoms. The maximum atomic E-state index is 11.9. The standard InChI is InChI=1S/C15H19N3O/c1-3-16-8-9-17-15(19)10-12-11-18(2)14-7-5-4-6-13(12)14/h3-7,11,16H,1,8-10H2,2H3,(H,17,19). The lowest BCUT2D eigenvalue weighted by Gasteiger charge is -2.04. The Morgan fingerprint density at radius 1 is 1.37 bits per heavy atom. The van der Waals surface area contributed by atoms with Crippen LogP contribution >= 0.6 is 0 Å².